The highest BCUT2D eigenvalue weighted by Crippen LogP contribution is 2.25. The second kappa shape index (κ2) is 3.99. The first-order valence-electron chi connectivity index (χ1n) is 5.45. The van der Waals surface area contributed by atoms with Gasteiger partial charge in [0.15, 0.2) is 5.65 Å². The van der Waals surface area contributed by atoms with Gasteiger partial charge in [-0.05, 0) is 30.7 Å². The maximum absolute atomic E-state index is 9.47. The molecule has 5 heteroatoms. The Labute approximate surface area is 108 Å². The monoisotopic (exact) mass is 259 g/mol. The van der Waals surface area contributed by atoms with E-state index in [1.54, 1.807) is 12.4 Å². The second-order valence-electron chi connectivity index (χ2n) is 4.01. The summed E-state index contributed by atoms with van der Waals surface area (Å²) < 4.78 is 1.82. The Morgan fingerprint density at radius 3 is 2.89 bits per heavy atom. The molecule has 0 spiro atoms. The van der Waals surface area contributed by atoms with Gasteiger partial charge in [-0.15, -0.1) is 0 Å². The van der Waals surface area contributed by atoms with E-state index >= 15 is 0 Å². The van der Waals surface area contributed by atoms with Crippen molar-refractivity contribution in [2.75, 3.05) is 0 Å². The molecule has 0 unspecified atom stereocenters. The molecule has 18 heavy (non-hydrogen) atoms. The van der Waals surface area contributed by atoms with Crippen LogP contribution in [0.5, 0.6) is 5.88 Å². The number of halogens is 1. The normalized spacial score (nSPS) is 11.0. The van der Waals surface area contributed by atoms with Crippen molar-refractivity contribution in [3.8, 4) is 11.6 Å². The fourth-order valence-electron chi connectivity index (χ4n) is 1.92. The molecular weight excluding hydrogens is 250 g/mol. The van der Waals surface area contributed by atoms with Crippen molar-refractivity contribution in [1.29, 1.82) is 0 Å². The molecule has 0 saturated heterocycles. The summed E-state index contributed by atoms with van der Waals surface area (Å²) in [6.07, 6.45) is 1.68. The van der Waals surface area contributed by atoms with Crippen molar-refractivity contribution in [2.24, 2.45) is 0 Å². The summed E-state index contributed by atoms with van der Waals surface area (Å²) in [5, 5.41) is 10.2. The van der Waals surface area contributed by atoms with E-state index in [2.05, 4.69) is 9.97 Å². The van der Waals surface area contributed by atoms with Crippen molar-refractivity contribution in [2.45, 2.75) is 6.92 Å². The van der Waals surface area contributed by atoms with Crippen molar-refractivity contribution < 1.29 is 5.11 Å². The average Bonchev–Trinajstić information content (AvgIpc) is 2.75. The zero-order valence-corrected chi connectivity index (χ0v) is 10.4. The van der Waals surface area contributed by atoms with Crippen molar-refractivity contribution in [3.63, 3.8) is 0 Å². The molecule has 90 valence electrons. The van der Waals surface area contributed by atoms with Gasteiger partial charge in [0.25, 0.3) is 0 Å². The number of benzene rings is 1. The minimum Gasteiger partial charge on any atom is -0.493 e. The Kier molecular flexibility index (Phi) is 2.45. The number of fused-ring (bicyclic) bond motifs is 1. The summed E-state index contributed by atoms with van der Waals surface area (Å²) in [4.78, 5) is 8.35. The Balaban J connectivity index is 2.32. The first-order valence-corrected chi connectivity index (χ1v) is 5.83. The van der Waals surface area contributed by atoms with Crippen molar-refractivity contribution in [3.05, 3.63) is 47.2 Å². The van der Waals surface area contributed by atoms with Crippen LogP contribution >= 0.6 is 11.6 Å². The standard InChI is InChI=1S/C13H10ClN3O/c1-8-9(14)3-2-4-11(8)17-7-15-10-5-6-12(18)16-13(10)17/h2-7H,1H3,(H,16,18). The molecule has 0 radical (unpaired) electrons. The predicted octanol–water partition coefficient (Wildman–Crippen LogP) is 3.09. The molecule has 3 aromatic rings. The van der Waals surface area contributed by atoms with Gasteiger partial charge in [0.2, 0.25) is 5.88 Å². The van der Waals surface area contributed by atoms with Crippen LogP contribution in [0.25, 0.3) is 16.9 Å². The molecule has 1 aromatic carbocycles. The van der Waals surface area contributed by atoms with Gasteiger partial charge in [0, 0.05) is 11.1 Å². The van der Waals surface area contributed by atoms with E-state index in [0.717, 1.165) is 16.8 Å². The third-order valence-corrected chi connectivity index (χ3v) is 3.29. The lowest BCUT2D eigenvalue weighted by atomic mass is 10.2. The maximum atomic E-state index is 9.47. The van der Waals surface area contributed by atoms with Crippen LogP contribution in [0.15, 0.2) is 36.7 Å². The van der Waals surface area contributed by atoms with Gasteiger partial charge in [-0.3, -0.25) is 4.57 Å². The molecular formula is C13H10ClN3O. The molecule has 0 fully saturated rings. The number of aromatic nitrogens is 3. The van der Waals surface area contributed by atoms with Crippen LogP contribution in [0.4, 0.5) is 0 Å². The first kappa shape index (κ1) is 11.0. The lowest BCUT2D eigenvalue weighted by Crippen LogP contribution is -1.97. The molecule has 0 bridgehead atoms. The van der Waals surface area contributed by atoms with Crippen LogP contribution in [0.1, 0.15) is 5.56 Å². The molecule has 0 aliphatic carbocycles. The lowest BCUT2D eigenvalue weighted by Gasteiger charge is -2.08. The number of hydrogen-bond acceptors (Lipinski definition) is 3. The number of aromatic hydroxyl groups is 1. The smallest absolute Gasteiger partial charge is 0.212 e. The summed E-state index contributed by atoms with van der Waals surface area (Å²) in [5.41, 5.74) is 3.19. The van der Waals surface area contributed by atoms with E-state index in [0.29, 0.717) is 10.7 Å². The molecule has 0 aliphatic heterocycles. The molecule has 4 nitrogen and oxygen atoms in total. The highest BCUT2D eigenvalue weighted by molar-refractivity contribution is 6.31. The third-order valence-electron chi connectivity index (χ3n) is 2.88. The van der Waals surface area contributed by atoms with Crippen molar-refractivity contribution >= 4 is 22.8 Å². The van der Waals surface area contributed by atoms with Crippen LogP contribution in [0.3, 0.4) is 0 Å². The van der Waals surface area contributed by atoms with E-state index in [4.69, 9.17) is 11.6 Å². The Bertz CT molecular complexity index is 736. The summed E-state index contributed by atoms with van der Waals surface area (Å²) in [6.45, 7) is 1.94. The average molecular weight is 260 g/mol. The Hall–Kier alpha value is -2.07. The van der Waals surface area contributed by atoms with Crippen LogP contribution in [-0.4, -0.2) is 19.6 Å². The van der Waals surface area contributed by atoms with Gasteiger partial charge in [0.05, 0.1) is 5.69 Å². The molecule has 0 amide bonds. The second-order valence-corrected chi connectivity index (χ2v) is 4.42. The number of nitrogens with zero attached hydrogens (tertiary/aromatic N) is 3. The molecule has 0 aliphatic rings. The quantitative estimate of drug-likeness (QED) is 0.731. The number of pyridine rings is 1. The topological polar surface area (TPSA) is 50.9 Å². The van der Waals surface area contributed by atoms with Gasteiger partial charge in [-0.25, -0.2) is 4.98 Å². The van der Waals surface area contributed by atoms with Crippen LogP contribution in [0, 0.1) is 6.92 Å². The summed E-state index contributed by atoms with van der Waals surface area (Å²) >= 11 is 6.11. The highest BCUT2D eigenvalue weighted by Gasteiger charge is 2.10. The third kappa shape index (κ3) is 1.62. The predicted molar refractivity (Wildman–Crippen MR) is 70.3 cm³/mol. The van der Waals surface area contributed by atoms with Gasteiger partial charge < -0.3 is 5.11 Å². The number of imidazole rings is 1. The molecule has 1 N–H and O–H groups in total. The summed E-state index contributed by atoms with van der Waals surface area (Å²) in [5.74, 6) is -0.0241. The van der Waals surface area contributed by atoms with Gasteiger partial charge in [-0.1, -0.05) is 17.7 Å². The zero-order chi connectivity index (χ0) is 12.7. The van der Waals surface area contributed by atoms with Gasteiger partial charge in [-0.2, -0.15) is 4.98 Å². The van der Waals surface area contributed by atoms with E-state index in [-0.39, 0.29) is 5.88 Å². The Morgan fingerprint density at radius 2 is 2.06 bits per heavy atom. The minimum atomic E-state index is -0.0241. The molecule has 2 heterocycles. The summed E-state index contributed by atoms with van der Waals surface area (Å²) in [6, 6.07) is 8.90. The largest absolute Gasteiger partial charge is 0.493 e. The van der Waals surface area contributed by atoms with Gasteiger partial charge in [0.1, 0.15) is 11.8 Å². The van der Waals surface area contributed by atoms with E-state index in [1.807, 2.05) is 29.7 Å². The van der Waals surface area contributed by atoms with Crippen LogP contribution in [0.2, 0.25) is 5.02 Å². The van der Waals surface area contributed by atoms with Crippen LogP contribution < -0.4 is 0 Å². The number of rotatable bonds is 1. The molecule has 3 rings (SSSR count). The van der Waals surface area contributed by atoms with E-state index in [1.165, 1.54) is 6.07 Å². The van der Waals surface area contributed by atoms with Crippen LogP contribution in [-0.2, 0) is 0 Å². The molecule has 0 atom stereocenters. The molecule has 0 saturated carbocycles. The number of hydrogen-bond donors (Lipinski definition) is 1. The first-order chi connectivity index (χ1) is 8.66. The minimum absolute atomic E-state index is 0.0241. The fraction of sp³-hybridized carbons (Fsp3) is 0.0769. The summed E-state index contributed by atoms with van der Waals surface area (Å²) in [7, 11) is 0. The SMILES string of the molecule is Cc1c(Cl)cccc1-n1cnc2ccc(O)nc21. The fourth-order valence-corrected chi connectivity index (χ4v) is 2.09. The lowest BCUT2D eigenvalue weighted by molar-refractivity contribution is 0.455. The highest BCUT2D eigenvalue weighted by atomic mass is 35.5. The van der Waals surface area contributed by atoms with E-state index < -0.39 is 0 Å². The molecule has 2 aromatic heterocycles. The van der Waals surface area contributed by atoms with E-state index in [9.17, 15) is 5.11 Å². The van der Waals surface area contributed by atoms with Crippen molar-refractivity contribution in [1.82, 2.24) is 14.5 Å². The zero-order valence-electron chi connectivity index (χ0n) is 9.63. The Morgan fingerprint density at radius 1 is 1.22 bits per heavy atom. The maximum Gasteiger partial charge on any atom is 0.212 e. The van der Waals surface area contributed by atoms with Gasteiger partial charge >= 0.3 is 0 Å².